The Labute approximate surface area is 122 Å². The molecule has 0 spiro atoms. The summed E-state index contributed by atoms with van der Waals surface area (Å²) >= 11 is 1.63. The first-order valence-corrected chi connectivity index (χ1v) is 7.42. The van der Waals surface area contributed by atoms with Crippen LogP contribution < -0.4 is 0 Å². The van der Waals surface area contributed by atoms with E-state index in [1.54, 1.807) is 37.7 Å². The van der Waals surface area contributed by atoms with E-state index in [1.165, 1.54) is 12.1 Å². The van der Waals surface area contributed by atoms with Gasteiger partial charge in [0.05, 0.1) is 10.3 Å². The zero-order chi connectivity index (χ0) is 15.2. The molecular weight excluding hydrogens is 278 g/mol. The first-order valence-electron chi connectivity index (χ1n) is 6.43. The van der Waals surface area contributed by atoms with E-state index in [-0.39, 0.29) is 5.69 Å². The van der Waals surface area contributed by atoms with E-state index in [1.807, 2.05) is 0 Å². The summed E-state index contributed by atoms with van der Waals surface area (Å²) in [5, 5.41) is 19.5. The van der Waals surface area contributed by atoms with Gasteiger partial charge in [0.15, 0.2) is 0 Å². The van der Waals surface area contributed by atoms with Gasteiger partial charge >= 0.3 is 5.97 Å². The average molecular weight is 297 g/mol. The second-order valence-electron chi connectivity index (χ2n) is 5.25. The van der Waals surface area contributed by atoms with Gasteiger partial charge in [-0.05, 0) is 44.6 Å². The average Bonchev–Trinajstić information content (AvgIpc) is 2.38. The third-order valence-electron chi connectivity index (χ3n) is 3.09. The fraction of sp³-hybridized carbons (Fsp3) is 0.500. The number of nitro groups is 1. The van der Waals surface area contributed by atoms with Crippen LogP contribution in [0.25, 0.3) is 0 Å². The van der Waals surface area contributed by atoms with Gasteiger partial charge in [0.1, 0.15) is 0 Å². The Bertz CT molecular complexity index is 471. The van der Waals surface area contributed by atoms with Crippen LogP contribution in [0.1, 0.15) is 33.1 Å². The summed E-state index contributed by atoms with van der Waals surface area (Å²) in [6, 6.07) is 6.47. The second kappa shape index (κ2) is 7.28. The monoisotopic (exact) mass is 297 g/mol. The number of carboxylic acids is 1. The molecule has 0 fully saturated rings. The van der Waals surface area contributed by atoms with Gasteiger partial charge in [0.25, 0.3) is 5.69 Å². The zero-order valence-corrected chi connectivity index (χ0v) is 12.5. The maximum Gasteiger partial charge on any atom is 0.309 e. The lowest BCUT2D eigenvalue weighted by Crippen LogP contribution is -2.23. The molecule has 0 bridgehead atoms. The molecule has 0 aliphatic heterocycles. The fourth-order valence-corrected chi connectivity index (χ4v) is 2.54. The Kier molecular flexibility index (Phi) is 6.01. The molecule has 0 atom stereocenters. The minimum absolute atomic E-state index is 0.0950. The van der Waals surface area contributed by atoms with E-state index in [9.17, 15) is 14.9 Å². The summed E-state index contributed by atoms with van der Waals surface area (Å²) in [5.41, 5.74) is -0.574. The van der Waals surface area contributed by atoms with Crippen LogP contribution in [-0.4, -0.2) is 21.8 Å². The van der Waals surface area contributed by atoms with Crippen LogP contribution in [0.2, 0.25) is 0 Å². The van der Waals surface area contributed by atoms with Crippen molar-refractivity contribution in [1.82, 2.24) is 0 Å². The Morgan fingerprint density at radius 2 is 1.90 bits per heavy atom. The Morgan fingerprint density at radius 1 is 1.30 bits per heavy atom. The number of nitro benzene ring substituents is 1. The predicted molar refractivity (Wildman–Crippen MR) is 79.1 cm³/mol. The topological polar surface area (TPSA) is 80.4 Å². The number of unbranched alkanes of at least 4 members (excludes halogenated alkanes) is 1. The lowest BCUT2D eigenvalue weighted by molar-refractivity contribution is -0.384. The highest BCUT2D eigenvalue weighted by Crippen LogP contribution is 2.26. The van der Waals surface area contributed by atoms with Crippen molar-refractivity contribution in [1.29, 1.82) is 0 Å². The highest BCUT2D eigenvalue weighted by atomic mass is 32.2. The fourth-order valence-electron chi connectivity index (χ4n) is 1.63. The summed E-state index contributed by atoms with van der Waals surface area (Å²) in [4.78, 5) is 22.0. The number of aliphatic carboxylic acids is 1. The van der Waals surface area contributed by atoms with Crippen molar-refractivity contribution < 1.29 is 14.8 Å². The van der Waals surface area contributed by atoms with Crippen molar-refractivity contribution in [2.24, 2.45) is 5.41 Å². The van der Waals surface area contributed by atoms with Gasteiger partial charge in [0, 0.05) is 17.0 Å². The lowest BCUT2D eigenvalue weighted by atomic mass is 9.88. The van der Waals surface area contributed by atoms with Crippen LogP contribution in [0.5, 0.6) is 0 Å². The molecule has 0 aliphatic carbocycles. The first kappa shape index (κ1) is 16.5. The van der Waals surface area contributed by atoms with E-state index < -0.39 is 16.3 Å². The van der Waals surface area contributed by atoms with Crippen LogP contribution in [0, 0.1) is 15.5 Å². The summed E-state index contributed by atoms with van der Waals surface area (Å²) < 4.78 is 0. The molecule has 20 heavy (non-hydrogen) atoms. The van der Waals surface area contributed by atoms with Gasteiger partial charge in [-0.1, -0.05) is 6.42 Å². The van der Waals surface area contributed by atoms with E-state index in [0.29, 0.717) is 6.42 Å². The first-order chi connectivity index (χ1) is 9.33. The number of non-ortho nitro benzene ring substituents is 1. The second-order valence-corrected chi connectivity index (χ2v) is 6.41. The molecule has 1 rings (SSSR count). The quantitative estimate of drug-likeness (QED) is 0.340. The van der Waals surface area contributed by atoms with E-state index >= 15 is 0 Å². The molecule has 5 nitrogen and oxygen atoms in total. The van der Waals surface area contributed by atoms with Crippen LogP contribution in [0.4, 0.5) is 5.69 Å². The number of hydrogen-bond acceptors (Lipinski definition) is 4. The van der Waals surface area contributed by atoms with Gasteiger partial charge in [-0.3, -0.25) is 14.9 Å². The SMILES string of the molecule is CC(C)(CCCCSc1ccc([N+](=O)[O-])cc1)C(=O)O. The number of carbonyl (C=O) groups is 1. The van der Waals surface area contributed by atoms with Gasteiger partial charge < -0.3 is 5.11 Å². The largest absolute Gasteiger partial charge is 0.481 e. The maximum absolute atomic E-state index is 10.9. The van der Waals surface area contributed by atoms with Gasteiger partial charge in [-0.2, -0.15) is 0 Å². The number of nitrogens with zero attached hydrogens (tertiary/aromatic N) is 1. The van der Waals surface area contributed by atoms with E-state index in [2.05, 4.69) is 0 Å². The third-order valence-corrected chi connectivity index (χ3v) is 4.19. The summed E-state index contributed by atoms with van der Waals surface area (Å²) in [7, 11) is 0. The minimum atomic E-state index is -0.763. The molecule has 110 valence electrons. The van der Waals surface area contributed by atoms with Gasteiger partial charge in [-0.15, -0.1) is 11.8 Å². The van der Waals surface area contributed by atoms with Crippen LogP contribution in [0.3, 0.4) is 0 Å². The zero-order valence-electron chi connectivity index (χ0n) is 11.7. The molecule has 6 heteroatoms. The van der Waals surface area contributed by atoms with Gasteiger partial charge in [0.2, 0.25) is 0 Å². The molecular formula is C14H19NO4S. The molecule has 1 N–H and O–H groups in total. The number of hydrogen-bond donors (Lipinski definition) is 1. The highest BCUT2D eigenvalue weighted by molar-refractivity contribution is 7.99. The number of rotatable bonds is 8. The van der Waals surface area contributed by atoms with Crippen molar-refractivity contribution in [3.05, 3.63) is 34.4 Å². The molecule has 0 saturated carbocycles. The molecule has 0 heterocycles. The molecule has 0 radical (unpaired) electrons. The highest BCUT2D eigenvalue weighted by Gasteiger charge is 2.25. The van der Waals surface area contributed by atoms with Crippen LogP contribution in [0.15, 0.2) is 29.2 Å². The van der Waals surface area contributed by atoms with Crippen molar-refractivity contribution in [2.75, 3.05) is 5.75 Å². The molecule has 0 unspecified atom stereocenters. The Hall–Kier alpha value is -1.56. The number of thioether (sulfide) groups is 1. The van der Waals surface area contributed by atoms with Crippen molar-refractivity contribution in [3.8, 4) is 0 Å². The Morgan fingerprint density at radius 3 is 2.40 bits per heavy atom. The maximum atomic E-state index is 10.9. The lowest BCUT2D eigenvalue weighted by Gasteiger charge is -2.18. The summed E-state index contributed by atoms with van der Waals surface area (Å²) in [6.07, 6.45) is 2.45. The normalized spacial score (nSPS) is 11.3. The minimum Gasteiger partial charge on any atom is -0.481 e. The standard InChI is InChI=1S/C14H19NO4S/c1-14(2,13(16)17)9-3-4-10-20-12-7-5-11(6-8-12)15(18)19/h5-8H,3-4,9-10H2,1-2H3,(H,16,17). The number of benzene rings is 1. The molecule has 0 aromatic heterocycles. The van der Waals surface area contributed by atoms with E-state index in [4.69, 9.17) is 5.11 Å². The molecule has 0 aliphatic rings. The van der Waals surface area contributed by atoms with Crippen LogP contribution >= 0.6 is 11.8 Å². The van der Waals surface area contributed by atoms with Crippen LogP contribution in [-0.2, 0) is 4.79 Å². The van der Waals surface area contributed by atoms with E-state index in [0.717, 1.165) is 23.5 Å². The molecule has 1 aromatic rings. The van der Waals surface area contributed by atoms with Crippen molar-refractivity contribution in [3.63, 3.8) is 0 Å². The molecule has 0 amide bonds. The molecule has 0 saturated heterocycles. The third kappa shape index (κ3) is 5.21. The number of carboxylic acid groups (broad SMARTS) is 1. The summed E-state index contributed by atoms with van der Waals surface area (Å²) in [5.74, 6) is 0.119. The Balaban J connectivity index is 2.28. The van der Waals surface area contributed by atoms with Gasteiger partial charge in [-0.25, -0.2) is 0 Å². The predicted octanol–water partition coefficient (Wildman–Crippen LogP) is 3.97. The smallest absolute Gasteiger partial charge is 0.309 e. The van der Waals surface area contributed by atoms with Crippen molar-refractivity contribution in [2.45, 2.75) is 38.0 Å². The van der Waals surface area contributed by atoms with Crippen molar-refractivity contribution >= 4 is 23.4 Å². The molecule has 1 aromatic carbocycles. The summed E-state index contributed by atoms with van der Waals surface area (Å²) in [6.45, 7) is 3.47.